The summed E-state index contributed by atoms with van der Waals surface area (Å²) in [7, 11) is 0. The number of nitrogens with one attached hydrogen (secondary N) is 1. The van der Waals surface area contributed by atoms with Crippen LogP contribution in [0.3, 0.4) is 0 Å². The van der Waals surface area contributed by atoms with Crippen molar-refractivity contribution in [3.63, 3.8) is 0 Å². The van der Waals surface area contributed by atoms with Crippen LogP contribution in [0.4, 0.5) is 17.1 Å². The van der Waals surface area contributed by atoms with Gasteiger partial charge in [-0.3, -0.25) is 25.0 Å². The van der Waals surface area contributed by atoms with Crippen molar-refractivity contribution in [2.45, 2.75) is 17.7 Å². The number of nitrogens with zero attached hydrogens (tertiary/aromatic N) is 3. The second-order valence-corrected chi connectivity index (χ2v) is 7.26. The Morgan fingerprint density at radius 2 is 1.87 bits per heavy atom. The number of amides is 1. The smallest absolute Gasteiger partial charge is 0.279 e. The number of non-ortho nitro benzene ring substituents is 1. The van der Waals surface area contributed by atoms with Crippen molar-refractivity contribution in [1.82, 2.24) is 4.98 Å². The molecule has 0 bridgehead atoms. The van der Waals surface area contributed by atoms with Crippen molar-refractivity contribution in [3.8, 4) is 0 Å². The number of anilines is 1. The number of nitro benzene ring substituents is 2. The minimum atomic E-state index is -0.765. The fraction of sp³-hybridized carbons (Fsp3) is 0.100. The molecule has 0 radical (unpaired) electrons. The van der Waals surface area contributed by atoms with E-state index < -0.39 is 27.1 Å². The van der Waals surface area contributed by atoms with Gasteiger partial charge in [0, 0.05) is 29.3 Å². The summed E-state index contributed by atoms with van der Waals surface area (Å²) < 4.78 is 0. The third kappa shape index (κ3) is 4.97. The Kier molecular flexibility index (Phi) is 6.38. The lowest BCUT2D eigenvalue weighted by Crippen LogP contribution is -2.15. The quantitative estimate of drug-likeness (QED) is 0.329. The van der Waals surface area contributed by atoms with Crippen molar-refractivity contribution < 1.29 is 14.6 Å². The maximum absolute atomic E-state index is 12.7. The summed E-state index contributed by atoms with van der Waals surface area (Å²) >= 11 is 1.54. The lowest BCUT2D eigenvalue weighted by Gasteiger charge is -2.10. The lowest BCUT2D eigenvalue weighted by molar-refractivity contribution is -0.394. The number of carbonyl (C=O) groups excluding carboxylic acids is 1. The van der Waals surface area contributed by atoms with E-state index >= 15 is 0 Å². The van der Waals surface area contributed by atoms with Crippen LogP contribution in [0.2, 0.25) is 0 Å². The van der Waals surface area contributed by atoms with Crippen LogP contribution in [-0.2, 0) is 5.75 Å². The van der Waals surface area contributed by atoms with Crippen LogP contribution >= 0.6 is 11.8 Å². The summed E-state index contributed by atoms with van der Waals surface area (Å²) in [6.45, 7) is 1.39. The lowest BCUT2D eigenvalue weighted by atomic mass is 10.0. The first kappa shape index (κ1) is 20.9. The van der Waals surface area contributed by atoms with E-state index in [4.69, 9.17) is 0 Å². The third-order valence-corrected chi connectivity index (χ3v) is 5.24. The fourth-order valence-corrected chi connectivity index (χ4v) is 3.55. The van der Waals surface area contributed by atoms with Crippen molar-refractivity contribution in [1.29, 1.82) is 0 Å². The number of hydrogen-bond acceptors (Lipinski definition) is 7. The maximum atomic E-state index is 12.7. The minimum Gasteiger partial charge on any atom is -0.322 e. The number of benzene rings is 2. The van der Waals surface area contributed by atoms with E-state index in [0.717, 1.165) is 22.7 Å². The molecule has 0 spiro atoms. The number of thioether (sulfide) groups is 1. The molecule has 0 aliphatic carbocycles. The van der Waals surface area contributed by atoms with Gasteiger partial charge in [0.25, 0.3) is 17.3 Å². The molecule has 0 saturated heterocycles. The Labute approximate surface area is 175 Å². The molecule has 30 heavy (non-hydrogen) atoms. The van der Waals surface area contributed by atoms with Gasteiger partial charge in [-0.2, -0.15) is 0 Å². The van der Waals surface area contributed by atoms with E-state index in [2.05, 4.69) is 10.3 Å². The van der Waals surface area contributed by atoms with Gasteiger partial charge in [-0.05, 0) is 36.8 Å². The minimum absolute atomic E-state index is 0.0602. The van der Waals surface area contributed by atoms with Gasteiger partial charge in [0.2, 0.25) is 0 Å². The maximum Gasteiger partial charge on any atom is 0.279 e. The average Bonchev–Trinajstić information content (AvgIpc) is 2.73. The summed E-state index contributed by atoms with van der Waals surface area (Å²) in [5, 5.41) is 25.8. The normalized spacial score (nSPS) is 10.4. The molecule has 10 heteroatoms. The molecule has 3 aromatic rings. The number of pyridine rings is 1. The Balaban J connectivity index is 1.81. The van der Waals surface area contributed by atoms with E-state index in [1.165, 1.54) is 18.7 Å². The molecule has 1 amide bonds. The number of nitro groups is 2. The Morgan fingerprint density at radius 1 is 1.07 bits per heavy atom. The predicted molar refractivity (Wildman–Crippen MR) is 113 cm³/mol. The largest absolute Gasteiger partial charge is 0.322 e. The molecular weight excluding hydrogens is 408 g/mol. The van der Waals surface area contributed by atoms with E-state index in [-0.39, 0.29) is 11.1 Å². The molecule has 1 heterocycles. The highest BCUT2D eigenvalue weighted by molar-refractivity contribution is 7.98. The van der Waals surface area contributed by atoms with Gasteiger partial charge >= 0.3 is 0 Å². The molecule has 1 N–H and O–H groups in total. The highest BCUT2D eigenvalue weighted by Gasteiger charge is 2.24. The van der Waals surface area contributed by atoms with E-state index in [1.54, 1.807) is 24.4 Å². The monoisotopic (exact) mass is 424 g/mol. The molecule has 1 aromatic heterocycles. The molecule has 0 atom stereocenters. The van der Waals surface area contributed by atoms with E-state index in [0.29, 0.717) is 11.4 Å². The number of hydrogen-bond donors (Lipinski definition) is 1. The first-order chi connectivity index (χ1) is 14.3. The third-order valence-electron chi connectivity index (χ3n) is 4.23. The van der Waals surface area contributed by atoms with E-state index in [1.807, 2.05) is 24.3 Å². The summed E-state index contributed by atoms with van der Waals surface area (Å²) in [5.41, 5.74) is 0.361. The van der Waals surface area contributed by atoms with Crippen LogP contribution in [0.25, 0.3) is 0 Å². The van der Waals surface area contributed by atoms with Gasteiger partial charge in [0.05, 0.1) is 26.5 Å². The first-order valence-electron chi connectivity index (χ1n) is 8.72. The molecule has 2 aromatic carbocycles. The van der Waals surface area contributed by atoms with Gasteiger partial charge in [-0.1, -0.05) is 18.2 Å². The van der Waals surface area contributed by atoms with Crippen LogP contribution < -0.4 is 5.32 Å². The molecule has 0 aliphatic rings. The van der Waals surface area contributed by atoms with E-state index in [9.17, 15) is 25.0 Å². The van der Waals surface area contributed by atoms with Crippen LogP contribution in [-0.4, -0.2) is 20.7 Å². The van der Waals surface area contributed by atoms with Crippen molar-refractivity contribution in [2.75, 3.05) is 5.32 Å². The van der Waals surface area contributed by atoms with Gasteiger partial charge in [-0.15, -0.1) is 11.8 Å². The fourth-order valence-electron chi connectivity index (χ4n) is 2.74. The SMILES string of the molecule is Cc1c(C(=O)Nc2cccc(CSc3ccccn3)c2)cc([N+](=O)[O-])cc1[N+](=O)[O-]. The second kappa shape index (κ2) is 9.14. The molecule has 0 saturated carbocycles. The van der Waals surface area contributed by atoms with Crippen molar-refractivity contribution in [3.05, 3.63) is 97.7 Å². The van der Waals surface area contributed by atoms with Crippen LogP contribution in [0.15, 0.2) is 65.8 Å². The summed E-state index contributed by atoms with van der Waals surface area (Å²) in [6.07, 6.45) is 1.71. The summed E-state index contributed by atoms with van der Waals surface area (Å²) in [6, 6.07) is 14.6. The molecule has 0 fully saturated rings. The number of carbonyl (C=O) groups is 1. The topological polar surface area (TPSA) is 128 Å². The number of rotatable bonds is 7. The van der Waals surface area contributed by atoms with Crippen molar-refractivity contribution >= 4 is 34.7 Å². The summed E-state index contributed by atoms with van der Waals surface area (Å²) in [5.74, 6) is -0.0315. The standard InChI is InChI=1S/C20H16N4O5S/c1-13-17(10-16(23(26)27)11-18(13)24(28)29)20(25)22-15-6-4-5-14(9-15)12-30-19-7-2-3-8-21-19/h2-11H,12H2,1H3,(H,22,25). The van der Waals surface area contributed by atoms with Crippen LogP contribution in [0, 0.1) is 27.2 Å². The zero-order valence-electron chi connectivity index (χ0n) is 15.8. The van der Waals surface area contributed by atoms with Gasteiger partial charge in [0.1, 0.15) is 0 Å². The molecule has 9 nitrogen and oxygen atoms in total. The van der Waals surface area contributed by atoms with Crippen LogP contribution in [0.1, 0.15) is 21.5 Å². The highest BCUT2D eigenvalue weighted by Crippen LogP contribution is 2.29. The van der Waals surface area contributed by atoms with Gasteiger partial charge in [0.15, 0.2) is 0 Å². The number of aromatic nitrogens is 1. The molecule has 0 aliphatic heterocycles. The van der Waals surface area contributed by atoms with Crippen molar-refractivity contribution in [2.24, 2.45) is 0 Å². The Hall–Kier alpha value is -3.79. The molecule has 3 rings (SSSR count). The van der Waals surface area contributed by atoms with Crippen LogP contribution in [0.5, 0.6) is 0 Å². The molecule has 152 valence electrons. The predicted octanol–water partition coefficient (Wildman–Crippen LogP) is 4.75. The van der Waals surface area contributed by atoms with Gasteiger partial charge < -0.3 is 5.32 Å². The summed E-state index contributed by atoms with van der Waals surface area (Å²) in [4.78, 5) is 37.7. The Morgan fingerprint density at radius 3 is 2.53 bits per heavy atom. The second-order valence-electron chi connectivity index (χ2n) is 6.26. The zero-order chi connectivity index (χ0) is 21.7. The highest BCUT2D eigenvalue weighted by atomic mass is 32.2. The first-order valence-corrected chi connectivity index (χ1v) is 9.71. The molecule has 0 unspecified atom stereocenters. The average molecular weight is 424 g/mol. The Bertz CT molecular complexity index is 1120. The molecular formula is C20H16N4O5S. The van der Waals surface area contributed by atoms with Gasteiger partial charge in [-0.25, -0.2) is 4.98 Å². The zero-order valence-corrected chi connectivity index (χ0v) is 16.6.